The molecule has 0 spiro atoms. The lowest BCUT2D eigenvalue weighted by molar-refractivity contribution is 0.590. The van der Waals surface area contributed by atoms with E-state index < -0.39 is 0 Å². The molecule has 0 aliphatic carbocycles. The van der Waals surface area contributed by atoms with Crippen LogP contribution in [0, 0.1) is 0 Å². The number of para-hydroxylation sites is 1. The summed E-state index contributed by atoms with van der Waals surface area (Å²) in [4.78, 5) is 0. The highest BCUT2D eigenvalue weighted by atomic mass is 15.3. The number of rotatable bonds is 5. The van der Waals surface area contributed by atoms with Crippen LogP contribution in [-0.4, -0.2) is 22.4 Å². The minimum atomic E-state index is 0.541. The predicted octanol–water partition coefficient (Wildman–Crippen LogP) is 2.41. The first-order valence-corrected chi connectivity index (χ1v) is 6.08. The lowest BCUT2D eigenvalue weighted by Crippen LogP contribution is -2.24. The van der Waals surface area contributed by atoms with Crippen LogP contribution >= 0.6 is 0 Å². The van der Waals surface area contributed by atoms with Crippen LogP contribution in [0.1, 0.15) is 19.4 Å². The second-order valence-corrected chi connectivity index (χ2v) is 4.49. The second kappa shape index (κ2) is 5.64. The number of benzene rings is 1. The van der Waals surface area contributed by atoms with Crippen molar-refractivity contribution in [3.63, 3.8) is 0 Å². The van der Waals surface area contributed by atoms with Crippen LogP contribution < -0.4 is 5.32 Å². The van der Waals surface area contributed by atoms with E-state index in [0.29, 0.717) is 6.04 Å². The van der Waals surface area contributed by atoms with Gasteiger partial charge >= 0.3 is 0 Å². The molecule has 1 aromatic carbocycles. The average molecular weight is 229 g/mol. The molecular formula is C14H19N3. The molecule has 90 valence electrons. The molecule has 17 heavy (non-hydrogen) atoms. The standard InChI is InChI=1S/C14H19N3/c1-12(2)15-9-8-13-10-16-17(11-13)14-6-4-3-5-7-14/h3-7,10-12,15H,8-9H2,1-2H3. The number of hydrogen-bond acceptors (Lipinski definition) is 2. The van der Waals surface area contributed by atoms with Crippen LogP contribution in [0.2, 0.25) is 0 Å². The summed E-state index contributed by atoms with van der Waals surface area (Å²) in [6.07, 6.45) is 5.05. The maximum Gasteiger partial charge on any atom is 0.0645 e. The Morgan fingerprint density at radius 3 is 2.71 bits per heavy atom. The molecule has 0 saturated carbocycles. The van der Waals surface area contributed by atoms with E-state index in [2.05, 4.69) is 42.6 Å². The van der Waals surface area contributed by atoms with Crippen molar-refractivity contribution in [3.05, 3.63) is 48.3 Å². The highest BCUT2D eigenvalue weighted by Crippen LogP contribution is 2.07. The minimum Gasteiger partial charge on any atom is -0.314 e. The number of hydrogen-bond donors (Lipinski definition) is 1. The lowest BCUT2D eigenvalue weighted by Gasteiger charge is -2.05. The number of nitrogens with zero attached hydrogens (tertiary/aromatic N) is 2. The molecule has 3 nitrogen and oxygen atoms in total. The Bertz CT molecular complexity index is 446. The second-order valence-electron chi connectivity index (χ2n) is 4.49. The third-order valence-corrected chi connectivity index (χ3v) is 2.62. The molecule has 0 aliphatic heterocycles. The van der Waals surface area contributed by atoms with Gasteiger partial charge in [-0.1, -0.05) is 32.0 Å². The van der Waals surface area contributed by atoms with Crippen LogP contribution in [0.25, 0.3) is 5.69 Å². The van der Waals surface area contributed by atoms with E-state index in [1.54, 1.807) is 0 Å². The summed E-state index contributed by atoms with van der Waals surface area (Å²) < 4.78 is 1.92. The van der Waals surface area contributed by atoms with E-state index in [-0.39, 0.29) is 0 Å². The van der Waals surface area contributed by atoms with Gasteiger partial charge in [0.05, 0.1) is 11.9 Å². The van der Waals surface area contributed by atoms with Gasteiger partial charge in [-0.05, 0) is 30.7 Å². The van der Waals surface area contributed by atoms with Gasteiger partial charge in [-0.2, -0.15) is 5.10 Å². The highest BCUT2D eigenvalue weighted by molar-refractivity contribution is 5.30. The molecule has 1 N–H and O–H groups in total. The van der Waals surface area contributed by atoms with E-state index in [9.17, 15) is 0 Å². The van der Waals surface area contributed by atoms with Gasteiger partial charge in [0.1, 0.15) is 0 Å². The van der Waals surface area contributed by atoms with E-state index in [4.69, 9.17) is 0 Å². The Balaban J connectivity index is 1.97. The van der Waals surface area contributed by atoms with Gasteiger partial charge in [-0.3, -0.25) is 0 Å². The van der Waals surface area contributed by atoms with Crippen molar-refractivity contribution < 1.29 is 0 Å². The van der Waals surface area contributed by atoms with E-state index in [1.807, 2.05) is 29.1 Å². The fourth-order valence-corrected chi connectivity index (χ4v) is 1.72. The minimum absolute atomic E-state index is 0.541. The highest BCUT2D eigenvalue weighted by Gasteiger charge is 2.00. The van der Waals surface area contributed by atoms with Crippen molar-refractivity contribution in [2.45, 2.75) is 26.3 Å². The maximum absolute atomic E-state index is 4.37. The molecule has 0 aliphatic rings. The Morgan fingerprint density at radius 2 is 2.00 bits per heavy atom. The third kappa shape index (κ3) is 3.43. The molecular weight excluding hydrogens is 210 g/mol. The molecule has 0 fully saturated rings. The Labute approximate surface area is 102 Å². The van der Waals surface area contributed by atoms with Gasteiger partial charge < -0.3 is 5.32 Å². The SMILES string of the molecule is CC(C)NCCc1cnn(-c2ccccc2)c1. The Kier molecular flexibility index (Phi) is 3.94. The summed E-state index contributed by atoms with van der Waals surface area (Å²) in [5, 5.41) is 7.78. The number of aromatic nitrogens is 2. The van der Waals surface area contributed by atoms with E-state index in [1.165, 1.54) is 5.56 Å². The van der Waals surface area contributed by atoms with Gasteiger partial charge in [0.15, 0.2) is 0 Å². The Hall–Kier alpha value is -1.61. The molecule has 0 atom stereocenters. The zero-order valence-electron chi connectivity index (χ0n) is 10.4. The zero-order valence-corrected chi connectivity index (χ0v) is 10.4. The Morgan fingerprint density at radius 1 is 1.24 bits per heavy atom. The number of nitrogens with one attached hydrogen (secondary N) is 1. The first-order chi connectivity index (χ1) is 8.25. The van der Waals surface area contributed by atoms with Crippen molar-refractivity contribution in [1.29, 1.82) is 0 Å². The summed E-state index contributed by atoms with van der Waals surface area (Å²) in [6, 6.07) is 10.7. The van der Waals surface area contributed by atoms with Crippen molar-refractivity contribution >= 4 is 0 Å². The summed E-state index contributed by atoms with van der Waals surface area (Å²) in [5.41, 5.74) is 2.37. The molecule has 2 rings (SSSR count). The molecule has 0 unspecified atom stereocenters. The average Bonchev–Trinajstić information content (AvgIpc) is 2.78. The molecule has 3 heteroatoms. The van der Waals surface area contributed by atoms with Crippen LogP contribution in [0.3, 0.4) is 0 Å². The molecule has 0 radical (unpaired) electrons. The van der Waals surface area contributed by atoms with Crippen molar-refractivity contribution in [1.82, 2.24) is 15.1 Å². The summed E-state index contributed by atoms with van der Waals surface area (Å²) in [7, 11) is 0. The molecule has 1 aromatic heterocycles. The van der Waals surface area contributed by atoms with Crippen LogP contribution in [0.15, 0.2) is 42.7 Å². The molecule has 1 heterocycles. The first-order valence-electron chi connectivity index (χ1n) is 6.08. The van der Waals surface area contributed by atoms with E-state index in [0.717, 1.165) is 18.7 Å². The van der Waals surface area contributed by atoms with Crippen molar-refractivity contribution in [3.8, 4) is 5.69 Å². The first kappa shape index (κ1) is 11.9. The smallest absolute Gasteiger partial charge is 0.0645 e. The topological polar surface area (TPSA) is 29.9 Å². The fourth-order valence-electron chi connectivity index (χ4n) is 1.72. The monoisotopic (exact) mass is 229 g/mol. The van der Waals surface area contributed by atoms with Gasteiger partial charge in [0, 0.05) is 12.2 Å². The quantitative estimate of drug-likeness (QED) is 0.853. The van der Waals surface area contributed by atoms with Gasteiger partial charge in [-0.25, -0.2) is 4.68 Å². The van der Waals surface area contributed by atoms with Crippen LogP contribution in [-0.2, 0) is 6.42 Å². The summed E-state index contributed by atoms with van der Waals surface area (Å²) >= 11 is 0. The van der Waals surface area contributed by atoms with E-state index >= 15 is 0 Å². The van der Waals surface area contributed by atoms with Gasteiger partial charge in [-0.15, -0.1) is 0 Å². The van der Waals surface area contributed by atoms with Crippen LogP contribution in [0.5, 0.6) is 0 Å². The zero-order chi connectivity index (χ0) is 12.1. The third-order valence-electron chi connectivity index (χ3n) is 2.62. The normalized spacial score (nSPS) is 11.0. The maximum atomic E-state index is 4.37. The molecule has 0 bridgehead atoms. The fraction of sp³-hybridized carbons (Fsp3) is 0.357. The molecule has 0 saturated heterocycles. The van der Waals surface area contributed by atoms with Crippen molar-refractivity contribution in [2.24, 2.45) is 0 Å². The largest absolute Gasteiger partial charge is 0.314 e. The summed E-state index contributed by atoms with van der Waals surface area (Å²) in [5.74, 6) is 0. The van der Waals surface area contributed by atoms with Gasteiger partial charge in [0.2, 0.25) is 0 Å². The van der Waals surface area contributed by atoms with Crippen LogP contribution in [0.4, 0.5) is 0 Å². The molecule has 0 amide bonds. The summed E-state index contributed by atoms with van der Waals surface area (Å²) in [6.45, 7) is 5.32. The predicted molar refractivity (Wildman–Crippen MR) is 70.4 cm³/mol. The lowest BCUT2D eigenvalue weighted by atomic mass is 10.2. The van der Waals surface area contributed by atoms with Gasteiger partial charge in [0.25, 0.3) is 0 Å². The molecule has 2 aromatic rings. The van der Waals surface area contributed by atoms with Crippen molar-refractivity contribution in [2.75, 3.05) is 6.54 Å².